The van der Waals surface area contributed by atoms with E-state index in [2.05, 4.69) is 0 Å². The number of hydrogen-bond donors (Lipinski definition) is 0. The van der Waals surface area contributed by atoms with Crippen LogP contribution in [0.1, 0.15) is 51.9 Å². The summed E-state index contributed by atoms with van der Waals surface area (Å²) in [6.07, 6.45) is -2.29. The number of carbonyl (C=O) groups excluding carboxylic acids is 2. The van der Waals surface area contributed by atoms with Gasteiger partial charge in [-0.3, -0.25) is 9.59 Å². The number of alkyl halides is 3. The van der Waals surface area contributed by atoms with Crippen molar-refractivity contribution < 1.29 is 22.8 Å². The number of rotatable bonds is 4. The molecule has 0 saturated carbocycles. The van der Waals surface area contributed by atoms with Crippen molar-refractivity contribution in [3.8, 4) is 0 Å². The molecule has 1 aliphatic heterocycles. The van der Waals surface area contributed by atoms with Crippen LogP contribution in [0, 0.1) is 0 Å². The SMILES string of the molecule is CC(=O)CC1CCCCCN1C(=O)CCC(F)(F)F. The third kappa shape index (κ3) is 6.07. The lowest BCUT2D eigenvalue weighted by Crippen LogP contribution is -2.41. The summed E-state index contributed by atoms with van der Waals surface area (Å²) in [6, 6.07) is -0.222. The van der Waals surface area contributed by atoms with Gasteiger partial charge in [-0.15, -0.1) is 0 Å². The molecule has 1 rings (SSSR count). The lowest BCUT2D eigenvalue weighted by Gasteiger charge is -2.29. The summed E-state index contributed by atoms with van der Waals surface area (Å²) in [4.78, 5) is 24.6. The Kier molecular flexibility index (Phi) is 5.82. The van der Waals surface area contributed by atoms with Crippen molar-refractivity contribution in [2.24, 2.45) is 0 Å². The van der Waals surface area contributed by atoms with Gasteiger partial charge in [-0.25, -0.2) is 0 Å². The molecule has 1 aliphatic rings. The van der Waals surface area contributed by atoms with E-state index in [0.717, 1.165) is 19.3 Å². The molecule has 0 aromatic heterocycles. The van der Waals surface area contributed by atoms with Crippen LogP contribution in [0.4, 0.5) is 13.2 Å². The molecular weight excluding hydrogens is 259 g/mol. The molecule has 1 unspecified atom stereocenters. The molecule has 0 radical (unpaired) electrons. The minimum absolute atomic E-state index is 0.0273. The van der Waals surface area contributed by atoms with Gasteiger partial charge in [-0.2, -0.15) is 13.2 Å². The first-order valence-electron chi connectivity index (χ1n) is 6.65. The van der Waals surface area contributed by atoms with E-state index in [-0.39, 0.29) is 18.2 Å². The van der Waals surface area contributed by atoms with E-state index < -0.39 is 24.9 Å². The first-order valence-corrected chi connectivity index (χ1v) is 6.65. The van der Waals surface area contributed by atoms with Crippen LogP contribution in [0.5, 0.6) is 0 Å². The van der Waals surface area contributed by atoms with E-state index in [1.165, 1.54) is 11.8 Å². The Morgan fingerprint density at radius 2 is 1.89 bits per heavy atom. The number of likely N-dealkylation sites (tertiary alicyclic amines) is 1. The van der Waals surface area contributed by atoms with Crippen LogP contribution >= 0.6 is 0 Å². The monoisotopic (exact) mass is 279 g/mol. The number of amides is 1. The average molecular weight is 279 g/mol. The summed E-state index contributed by atoms with van der Waals surface area (Å²) in [6.45, 7) is 1.91. The van der Waals surface area contributed by atoms with Gasteiger partial charge >= 0.3 is 6.18 Å². The van der Waals surface area contributed by atoms with E-state index in [0.29, 0.717) is 13.0 Å². The van der Waals surface area contributed by atoms with Crippen LogP contribution in [0.25, 0.3) is 0 Å². The second kappa shape index (κ2) is 6.91. The third-order valence-electron chi connectivity index (χ3n) is 3.34. The molecule has 0 aliphatic carbocycles. The van der Waals surface area contributed by atoms with Gasteiger partial charge in [0, 0.05) is 25.4 Å². The van der Waals surface area contributed by atoms with Gasteiger partial charge in [-0.1, -0.05) is 12.8 Å². The molecule has 6 heteroatoms. The number of halogens is 3. The standard InChI is InChI=1S/C13H20F3NO2/c1-10(18)9-11-5-3-2-4-8-17(11)12(19)6-7-13(14,15)16/h11H,2-9H2,1H3. The van der Waals surface area contributed by atoms with Crippen molar-refractivity contribution >= 4 is 11.7 Å². The van der Waals surface area contributed by atoms with Crippen molar-refractivity contribution in [1.82, 2.24) is 4.90 Å². The zero-order valence-electron chi connectivity index (χ0n) is 11.1. The minimum Gasteiger partial charge on any atom is -0.339 e. The molecule has 0 aromatic carbocycles. The van der Waals surface area contributed by atoms with Gasteiger partial charge in [-0.05, 0) is 19.8 Å². The Labute approximate surface area is 111 Å². The maximum atomic E-state index is 12.1. The van der Waals surface area contributed by atoms with E-state index in [9.17, 15) is 22.8 Å². The molecule has 110 valence electrons. The van der Waals surface area contributed by atoms with E-state index in [1.54, 1.807) is 0 Å². The Balaban J connectivity index is 2.62. The lowest BCUT2D eigenvalue weighted by atomic mass is 10.0. The topological polar surface area (TPSA) is 37.4 Å². The fourth-order valence-corrected chi connectivity index (χ4v) is 2.44. The fraction of sp³-hybridized carbons (Fsp3) is 0.846. The second-order valence-corrected chi connectivity index (χ2v) is 5.11. The number of ketones is 1. The highest BCUT2D eigenvalue weighted by Crippen LogP contribution is 2.25. The summed E-state index contributed by atoms with van der Waals surface area (Å²) in [7, 11) is 0. The molecule has 1 saturated heterocycles. The van der Waals surface area contributed by atoms with Crippen LogP contribution in [0.3, 0.4) is 0 Å². The van der Waals surface area contributed by atoms with Crippen molar-refractivity contribution in [2.75, 3.05) is 6.54 Å². The van der Waals surface area contributed by atoms with E-state index in [1.807, 2.05) is 0 Å². The van der Waals surface area contributed by atoms with Gasteiger partial charge in [0.1, 0.15) is 5.78 Å². The van der Waals surface area contributed by atoms with Gasteiger partial charge in [0.15, 0.2) is 0 Å². The second-order valence-electron chi connectivity index (χ2n) is 5.11. The molecule has 3 nitrogen and oxygen atoms in total. The van der Waals surface area contributed by atoms with Gasteiger partial charge in [0.05, 0.1) is 6.42 Å². The highest BCUT2D eigenvalue weighted by Gasteiger charge is 2.31. The molecule has 1 heterocycles. The maximum Gasteiger partial charge on any atom is 0.389 e. The van der Waals surface area contributed by atoms with Gasteiger partial charge in [0.2, 0.25) is 5.91 Å². The van der Waals surface area contributed by atoms with E-state index >= 15 is 0 Å². The predicted molar refractivity (Wildman–Crippen MR) is 64.6 cm³/mol. The largest absolute Gasteiger partial charge is 0.389 e. The first kappa shape index (κ1) is 16.0. The minimum atomic E-state index is -4.31. The predicted octanol–water partition coefficient (Wildman–Crippen LogP) is 3.08. The Morgan fingerprint density at radius 1 is 1.21 bits per heavy atom. The molecule has 0 bridgehead atoms. The number of nitrogens with zero attached hydrogens (tertiary/aromatic N) is 1. The Hall–Kier alpha value is -1.07. The molecule has 0 aromatic rings. The molecule has 1 amide bonds. The van der Waals surface area contributed by atoms with Gasteiger partial charge in [0.25, 0.3) is 0 Å². The number of Topliss-reactive ketones (excluding diaryl/α,β-unsaturated/α-hetero) is 1. The first-order chi connectivity index (χ1) is 8.79. The zero-order chi connectivity index (χ0) is 14.5. The third-order valence-corrected chi connectivity index (χ3v) is 3.34. The van der Waals surface area contributed by atoms with Gasteiger partial charge < -0.3 is 4.90 Å². The van der Waals surface area contributed by atoms with E-state index in [4.69, 9.17) is 0 Å². The van der Waals surface area contributed by atoms with Crippen LogP contribution in [-0.4, -0.2) is 35.4 Å². The lowest BCUT2D eigenvalue weighted by molar-refractivity contribution is -0.150. The fourth-order valence-electron chi connectivity index (χ4n) is 2.44. The van der Waals surface area contributed by atoms with Crippen molar-refractivity contribution in [2.45, 2.75) is 64.1 Å². The molecule has 19 heavy (non-hydrogen) atoms. The summed E-state index contributed by atoms with van der Waals surface area (Å²) in [5.41, 5.74) is 0. The van der Waals surface area contributed by atoms with Crippen LogP contribution in [0.15, 0.2) is 0 Å². The number of hydrogen-bond acceptors (Lipinski definition) is 2. The summed E-state index contributed by atoms with van der Waals surface area (Å²) >= 11 is 0. The highest BCUT2D eigenvalue weighted by molar-refractivity contribution is 5.79. The quantitative estimate of drug-likeness (QED) is 0.793. The van der Waals surface area contributed by atoms with Crippen molar-refractivity contribution in [3.05, 3.63) is 0 Å². The molecule has 1 atom stereocenters. The molecule has 0 spiro atoms. The summed E-state index contributed by atoms with van der Waals surface area (Å²) in [5.74, 6) is -0.508. The van der Waals surface area contributed by atoms with Crippen LogP contribution < -0.4 is 0 Å². The zero-order valence-corrected chi connectivity index (χ0v) is 11.1. The summed E-state index contributed by atoms with van der Waals surface area (Å²) in [5, 5.41) is 0. The normalized spacial score (nSPS) is 21.1. The highest BCUT2D eigenvalue weighted by atomic mass is 19.4. The Morgan fingerprint density at radius 3 is 2.47 bits per heavy atom. The van der Waals surface area contributed by atoms with Crippen LogP contribution in [0.2, 0.25) is 0 Å². The van der Waals surface area contributed by atoms with Crippen LogP contribution in [-0.2, 0) is 9.59 Å². The summed E-state index contributed by atoms with van der Waals surface area (Å²) < 4.78 is 36.4. The number of carbonyl (C=O) groups is 2. The van der Waals surface area contributed by atoms with Crippen molar-refractivity contribution in [1.29, 1.82) is 0 Å². The molecular formula is C13H20F3NO2. The molecule has 0 N–H and O–H groups in total. The van der Waals surface area contributed by atoms with Crippen molar-refractivity contribution in [3.63, 3.8) is 0 Å². The maximum absolute atomic E-state index is 12.1. The Bertz CT molecular complexity index is 328. The smallest absolute Gasteiger partial charge is 0.339 e. The molecule has 1 fully saturated rings. The average Bonchev–Trinajstić information content (AvgIpc) is 2.49.